The lowest BCUT2D eigenvalue weighted by Crippen LogP contribution is -2.48. The molecule has 3 aromatic rings. The third kappa shape index (κ3) is 2.19. The fourth-order valence-corrected chi connectivity index (χ4v) is 4.39. The zero-order chi connectivity index (χ0) is 17.8. The van der Waals surface area contributed by atoms with Crippen molar-refractivity contribution < 1.29 is 14.7 Å². The Balaban J connectivity index is 1.65. The molecule has 3 aromatic carbocycles. The highest BCUT2D eigenvalue weighted by Crippen LogP contribution is 2.34. The number of hydrogen-bond donors (Lipinski definition) is 1. The summed E-state index contributed by atoms with van der Waals surface area (Å²) in [6, 6.07) is 15.4. The minimum absolute atomic E-state index is 0.272. The zero-order valence-electron chi connectivity index (χ0n) is 14.3. The molecule has 1 heterocycles. The molecule has 1 fully saturated rings. The number of fused-ring (bicyclic) bond motifs is 3. The summed E-state index contributed by atoms with van der Waals surface area (Å²) in [6.45, 7) is 0. The highest BCUT2D eigenvalue weighted by Gasteiger charge is 2.43. The Morgan fingerprint density at radius 3 is 1.85 bits per heavy atom. The van der Waals surface area contributed by atoms with Gasteiger partial charge in [-0.15, -0.1) is 0 Å². The summed E-state index contributed by atoms with van der Waals surface area (Å²) in [5.41, 5.74) is 0.908. The second kappa shape index (κ2) is 5.64. The maximum Gasteiger partial charge on any atom is 0.261 e. The van der Waals surface area contributed by atoms with E-state index in [1.54, 1.807) is 0 Å². The number of aliphatic hydroxyl groups is 1. The largest absolute Gasteiger partial charge is 0.391 e. The molecular formula is C22H19NO3. The summed E-state index contributed by atoms with van der Waals surface area (Å²) in [4.78, 5) is 27.2. The van der Waals surface area contributed by atoms with E-state index in [-0.39, 0.29) is 11.8 Å². The molecule has 0 spiro atoms. The van der Waals surface area contributed by atoms with Crippen molar-refractivity contribution in [2.75, 3.05) is 0 Å². The van der Waals surface area contributed by atoms with E-state index in [9.17, 15) is 14.7 Å². The average molecular weight is 345 g/mol. The van der Waals surface area contributed by atoms with Crippen molar-refractivity contribution in [1.29, 1.82) is 0 Å². The molecule has 2 amide bonds. The van der Waals surface area contributed by atoms with Gasteiger partial charge in [-0.3, -0.25) is 14.5 Å². The van der Waals surface area contributed by atoms with Crippen LogP contribution in [0, 0.1) is 0 Å². The molecule has 0 radical (unpaired) electrons. The molecule has 1 aliphatic heterocycles. The van der Waals surface area contributed by atoms with E-state index in [1.165, 1.54) is 4.90 Å². The summed E-state index contributed by atoms with van der Waals surface area (Å²) in [6.07, 6.45) is 2.57. The van der Waals surface area contributed by atoms with Crippen molar-refractivity contribution in [3.8, 4) is 0 Å². The van der Waals surface area contributed by atoms with Crippen LogP contribution >= 0.6 is 0 Å². The highest BCUT2D eigenvalue weighted by atomic mass is 16.3. The molecule has 130 valence electrons. The van der Waals surface area contributed by atoms with E-state index < -0.39 is 12.1 Å². The van der Waals surface area contributed by atoms with Crippen molar-refractivity contribution in [1.82, 2.24) is 4.90 Å². The van der Waals surface area contributed by atoms with Gasteiger partial charge in [0.1, 0.15) is 0 Å². The molecule has 26 heavy (non-hydrogen) atoms. The van der Waals surface area contributed by atoms with Crippen molar-refractivity contribution in [2.24, 2.45) is 0 Å². The van der Waals surface area contributed by atoms with E-state index in [4.69, 9.17) is 0 Å². The summed E-state index contributed by atoms with van der Waals surface area (Å²) in [5.74, 6) is -0.544. The Morgan fingerprint density at radius 2 is 1.31 bits per heavy atom. The minimum atomic E-state index is -0.622. The van der Waals surface area contributed by atoms with Crippen molar-refractivity contribution >= 4 is 33.4 Å². The van der Waals surface area contributed by atoms with Gasteiger partial charge >= 0.3 is 0 Å². The Hall–Kier alpha value is -2.72. The van der Waals surface area contributed by atoms with Gasteiger partial charge in [-0.05, 0) is 58.7 Å². The van der Waals surface area contributed by atoms with Crippen LogP contribution in [0.4, 0.5) is 0 Å². The van der Waals surface area contributed by atoms with Crippen LogP contribution in [0.3, 0.4) is 0 Å². The topological polar surface area (TPSA) is 57.6 Å². The number of aliphatic hydroxyl groups excluding tert-OH is 1. The van der Waals surface area contributed by atoms with Crippen LogP contribution < -0.4 is 0 Å². The van der Waals surface area contributed by atoms with Crippen molar-refractivity contribution in [3.05, 3.63) is 59.7 Å². The summed E-state index contributed by atoms with van der Waals surface area (Å²) in [7, 11) is 0. The number of nitrogens with zero attached hydrogens (tertiary/aromatic N) is 1. The van der Waals surface area contributed by atoms with Gasteiger partial charge in [0.15, 0.2) is 0 Å². The Bertz CT molecular complexity index is 998. The fraction of sp³-hybridized carbons (Fsp3) is 0.273. The van der Waals surface area contributed by atoms with Gasteiger partial charge < -0.3 is 5.11 Å². The molecule has 4 heteroatoms. The smallest absolute Gasteiger partial charge is 0.261 e. The normalized spacial score (nSPS) is 23.0. The van der Waals surface area contributed by atoms with Gasteiger partial charge in [-0.25, -0.2) is 0 Å². The lowest BCUT2D eigenvalue weighted by Gasteiger charge is -2.33. The standard InChI is InChI=1S/C22H19NO3/c24-20-8-4-3-7-19(20)23-21(25)17-11-15-9-13-5-1-2-6-14(13)10-16(15)12-18(17)22(23)26/h1-2,5-6,9-12,19-20,24H,3-4,7-8H2/t19-,20-/m1/s1. The Morgan fingerprint density at radius 1 is 0.769 bits per heavy atom. The van der Waals surface area contributed by atoms with Gasteiger partial charge in [-0.2, -0.15) is 0 Å². The second-order valence-electron chi connectivity index (χ2n) is 7.34. The van der Waals surface area contributed by atoms with E-state index in [0.29, 0.717) is 24.0 Å². The number of imide groups is 1. The lowest BCUT2D eigenvalue weighted by molar-refractivity contribution is 0.0203. The number of hydrogen-bond acceptors (Lipinski definition) is 3. The summed E-state index contributed by atoms with van der Waals surface area (Å²) >= 11 is 0. The molecule has 0 bridgehead atoms. The van der Waals surface area contributed by atoms with Crippen LogP contribution in [-0.4, -0.2) is 34.0 Å². The molecule has 0 saturated heterocycles. The Kier molecular flexibility index (Phi) is 3.37. The predicted molar refractivity (Wildman–Crippen MR) is 100 cm³/mol. The highest BCUT2D eigenvalue weighted by molar-refractivity contribution is 6.23. The van der Waals surface area contributed by atoms with Crippen LogP contribution in [0.2, 0.25) is 0 Å². The monoisotopic (exact) mass is 345 g/mol. The number of benzene rings is 3. The maximum atomic E-state index is 13.0. The first-order valence-corrected chi connectivity index (χ1v) is 9.16. The first-order valence-electron chi connectivity index (χ1n) is 9.16. The summed E-state index contributed by atoms with van der Waals surface area (Å²) in [5, 5.41) is 14.4. The second-order valence-corrected chi connectivity index (χ2v) is 7.34. The molecule has 0 unspecified atom stereocenters. The van der Waals surface area contributed by atoms with E-state index >= 15 is 0 Å². The molecule has 1 aliphatic carbocycles. The van der Waals surface area contributed by atoms with Crippen LogP contribution in [0.1, 0.15) is 46.4 Å². The Labute approximate surface area is 151 Å². The lowest BCUT2D eigenvalue weighted by atomic mass is 9.91. The SMILES string of the molecule is O=C1c2cc3cc4ccccc4cc3cc2C(=O)N1[C@@H]1CCCC[C@H]1O. The van der Waals surface area contributed by atoms with E-state index in [2.05, 4.69) is 12.1 Å². The van der Waals surface area contributed by atoms with Crippen LogP contribution in [0.25, 0.3) is 21.5 Å². The number of carbonyl (C=O) groups excluding carboxylic acids is 2. The van der Waals surface area contributed by atoms with Gasteiger partial charge in [0.25, 0.3) is 11.8 Å². The molecule has 4 nitrogen and oxygen atoms in total. The molecule has 1 N–H and O–H groups in total. The van der Waals surface area contributed by atoms with Gasteiger partial charge in [-0.1, -0.05) is 37.1 Å². The third-order valence-corrected chi connectivity index (χ3v) is 5.77. The molecule has 0 aromatic heterocycles. The number of amides is 2. The van der Waals surface area contributed by atoms with E-state index in [1.807, 2.05) is 36.4 Å². The van der Waals surface area contributed by atoms with Gasteiger partial charge in [0, 0.05) is 0 Å². The quantitative estimate of drug-likeness (QED) is 0.538. The van der Waals surface area contributed by atoms with Crippen LogP contribution in [0.5, 0.6) is 0 Å². The van der Waals surface area contributed by atoms with Crippen LogP contribution in [-0.2, 0) is 0 Å². The number of rotatable bonds is 1. The minimum Gasteiger partial charge on any atom is -0.391 e. The van der Waals surface area contributed by atoms with Crippen molar-refractivity contribution in [2.45, 2.75) is 37.8 Å². The predicted octanol–water partition coefficient (Wildman–Crippen LogP) is 3.89. The van der Waals surface area contributed by atoms with Gasteiger partial charge in [0.05, 0.1) is 23.3 Å². The van der Waals surface area contributed by atoms with Crippen molar-refractivity contribution in [3.63, 3.8) is 0 Å². The van der Waals surface area contributed by atoms with Gasteiger partial charge in [0.2, 0.25) is 0 Å². The third-order valence-electron chi connectivity index (χ3n) is 5.77. The molecular weight excluding hydrogens is 326 g/mol. The van der Waals surface area contributed by atoms with Crippen LogP contribution in [0.15, 0.2) is 48.5 Å². The van der Waals surface area contributed by atoms with E-state index in [0.717, 1.165) is 34.4 Å². The summed E-state index contributed by atoms with van der Waals surface area (Å²) < 4.78 is 0. The molecule has 2 aliphatic rings. The number of carbonyl (C=O) groups is 2. The zero-order valence-corrected chi connectivity index (χ0v) is 14.3. The molecule has 2 atom stereocenters. The first-order chi connectivity index (χ1) is 12.6. The molecule has 5 rings (SSSR count). The maximum absolute atomic E-state index is 13.0. The average Bonchev–Trinajstić information content (AvgIpc) is 2.89. The molecule has 1 saturated carbocycles. The fourth-order valence-electron chi connectivity index (χ4n) is 4.39. The first kappa shape index (κ1) is 15.5.